The van der Waals surface area contributed by atoms with Gasteiger partial charge in [-0.15, -0.1) is 0 Å². The lowest BCUT2D eigenvalue weighted by Crippen LogP contribution is -2.02. The van der Waals surface area contributed by atoms with Gasteiger partial charge in [0, 0.05) is 17.8 Å². The predicted molar refractivity (Wildman–Crippen MR) is 173 cm³/mol. The molecule has 0 aliphatic carbocycles. The summed E-state index contributed by atoms with van der Waals surface area (Å²) >= 11 is 0. The number of nitrogens with zero attached hydrogens (tertiary/aromatic N) is 1. The van der Waals surface area contributed by atoms with Crippen LogP contribution in [0.4, 0.5) is 5.69 Å². The van der Waals surface area contributed by atoms with Gasteiger partial charge in [0.2, 0.25) is 0 Å². The minimum Gasteiger partial charge on any atom is -0.493 e. The number of benzene rings is 2. The second kappa shape index (κ2) is 22.8. The molecule has 0 bridgehead atoms. The van der Waals surface area contributed by atoms with Crippen LogP contribution in [-0.4, -0.2) is 30.5 Å². The van der Waals surface area contributed by atoms with E-state index in [2.05, 4.69) is 18.8 Å². The Kier molecular flexibility index (Phi) is 19.1. The summed E-state index contributed by atoms with van der Waals surface area (Å²) < 4.78 is 12.3. The van der Waals surface area contributed by atoms with Gasteiger partial charge in [-0.3, -0.25) is 4.99 Å². The van der Waals surface area contributed by atoms with Crippen LogP contribution in [0.1, 0.15) is 145 Å². The number of aliphatic imine (C=N–C) groups is 1. The van der Waals surface area contributed by atoms with E-state index in [1.165, 1.54) is 103 Å². The summed E-state index contributed by atoms with van der Waals surface area (Å²) in [4.78, 5) is 15.7. The summed E-state index contributed by atoms with van der Waals surface area (Å²) in [7, 11) is 0. The Balaban J connectivity index is 1.84. The van der Waals surface area contributed by atoms with Crippen molar-refractivity contribution in [2.75, 3.05) is 13.2 Å². The zero-order valence-electron chi connectivity index (χ0n) is 25.9. The number of carboxylic acids is 1. The third-order valence-corrected chi connectivity index (χ3v) is 7.47. The zero-order chi connectivity index (χ0) is 29.4. The smallest absolute Gasteiger partial charge is 0.335 e. The van der Waals surface area contributed by atoms with E-state index < -0.39 is 5.97 Å². The maximum Gasteiger partial charge on any atom is 0.335 e. The quantitative estimate of drug-likeness (QED) is 0.0960. The van der Waals surface area contributed by atoms with E-state index in [4.69, 9.17) is 14.6 Å². The third kappa shape index (κ3) is 16.3. The van der Waals surface area contributed by atoms with Gasteiger partial charge in [-0.05, 0) is 49.2 Å². The van der Waals surface area contributed by atoms with Gasteiger partial charge < -0.3 is 14.6 Å². The van der Waals surface area contributed by atoms with Gasteiger partial charge in [-0.25, -0.2) is 4.79 Å². The zero-order valence-corrected chi connectivity index (χ0v) is 25.9. The van der Waals surface area contributed by atoms with E-state index in [9.17, 15) is 4.79 Å². The number of rotatable bonds is 25. The molecule has 41 heavy (non-hydrogen) atoms. The number of aromatic carboxylic acids is 1. The Bertz CT molecular complexity index is 970. The first-order valence-electron chi connectivity index (χ1n) is 16.4. The summed E-state index contributed by atoms with van der Waals surface area (Å²) in [5.41, 5.74) is 1.84. The van der Waals surface area contributed by atoms with Crippen molar-refractivity contribution in [2.45, 2.75) is 129 Å². The number of ether oxygens (including phenoxy) is 2. The Labute approximate surface area is 249 Å². The lowest BCUT2D eigenvalue weighted by atomic mass is 10.1. The fourth-order valence-electron chi connectivity index (χ4n) is 4.87. The average molecular weight is 566 g/mol. The van der Waals surface area contributed by atoms with Gasteiger partial charge in [0.05, 0.1) is 24.5 Å². The number of hydrogen-bond donors (Lipinski definition) is 1. The highest BCUT2D eigenvalue weighted by molar-refractivity contribution is 5.89. The first-order chi connectivity index (χ1) is 20.1. The molecule has 0 spiro atoms. The molecule has 0 amide bonds. The van der Waals surface area contributed by atoms with Gasteiger partial charge in [0.25, 0.3) is 0 Å². The van der Waals surface area contributed by atoms with Crippen LogP contribution in [0.3, 0.4) is 0 Å². The molecule has 0 aliphatic rings. The molecule has 5 nitrogen and oxygen atoms in total. The molecule has 0 saturated heterocycles. The van der Waals surface area contributed by atoms with Crippen LogP contribution in [0.2, 0.25) is 0 Å². The van der Waals surface area contributed by atoms with Crippen molar-refractivity contribution >= 4 is 17.9 Å². The Hall–Kier alpha value is -2.82. The second-order valence-electron chi connectivity index (χ2n) is 11.2. The summed E-state index contributed by atoms with van der Waals surface area (Å²) in [5.74, 6) is 0.667. The van der Waals surface area contributed by atoms with Crippen molar-refractivity contribution in [1.29, 1.82) is 0 Å². The highest BCUT2D eigenvalue weighted by atomic mass is 16.5. The summed E-state index contributed by atoms with van der Waals surface area (Å²) in [6.07, 6.45) is 24.9. The SMILES string of the molecule is CCCCCCCCCCCOc1ccc(C=Nc2ccc(C(=O)O)cc2)c(OCCCCCCCCCCC)c1. The number of unbranched alkanes of at least 4 members (excludes halogenated alkanes) is 16. The van der Waals surface area contributed by atoms with Crippen molar-refractivity contribution in [1.82, 2.24) is 0 Å². The van der Waals surface area contributed by atoms with Gasteiger partial charge in [-0.2, -0.15) is 0 Å². The summed E-state index contributed by atoms with van der Waals surface area (Å²) in [6, 6.07) is 12.5. The highest BCUT2D eigenvalue weighted by Gasteiger charge is 2.07. The maximum atomic E-state index is 11.1. The van der Waals surface area contributed by atoms with E-state index in [-0.39, 0.29) is 5.56 Å². The summed E-state index contributed by atoms with van der Waals surface area (Å²) in [5, 5.41) is 9.13. The molecule has 1 N–H and O–H groups in total. The highest BCUT2D eigenvalue weighted by Crippen LogP contribution is 2.26. The van der Waals surface area contributed by atoms with Crippen molar-refractivity contribution in [2.24, 2.45) is 4.99 Å². The minimum absolute atomic E-state index is 0.252. The molecule has 0 unspecified atom stereocenters. The van der Waals surface area contributed by atoms with E-state index in [0.29, 0.717) is 12.3 Å². The minimum atomic E-state index is -0.939. The molecule has 0 aromatic heterocycles. The number of hydrogen-bond acceptors (Lipinski definition) is 4. The molecule has 0 radical (unpaired) electrons. The van der Waals surface area contributed by atoms with E-state index >= 15 is 0 Å². The maximum absolute atomic E-state index is 11.1. The van der Waals surface area contributed by atoms with Crippen molar-refractivity contribution in [3.63, 3.8) is 0 Å². The van der Waals surface area contributed by atoms with Crippen LogP contribution >= 0.6 is 0 Å². The van der Waals surface area contributed by atoms with Crippen LogP contribution in [0.15, 0.2) is 47.5 Å². The van der Waals surface area contributed by atoms with Crippen molar-refractivity contribution in [3.05, 3.63) is 53.6 Å². The molecule has 2 aromatic rings. The molecule has 0 aliphatic heterocycles. The van der Waals surface area contributed by atoms with Crippen LogP contribution < -0.4 is 9.47 Å². The lowest BCUT2D eigenvalue weighted by Gasteiger charge is -2.12. The summed E-state index contributed by atoms with van der Waals surface area (Å²) in [6.45, 7) is 5.91. The van der Waals surface area contributed by atoms with E-state index in [1.54, 1.807) is 30.5 Å². The molecular formula is C36H55NO4. The molecule has 2 aromatic carbocycles. The normalized spacial score (nSPS) is 11.3. The molecule has 2 rings (SSSR count). The molecule has 0 atom stereocenters. The predicted octanol–water partition coefficient (Wildman–Crippen LogP) is 11.0. The van der Waals surface area contributed by atoms with Crippen molar-refractivity contribution in [3.8, 4) is 11.5 Å². The van der Waals surface area contributed by atoms with Crippen LogP contribution in [-0.2, 0) is 0 Å². The van der Waals surface area contributed by atoms with Gasteiger partial charge in [0.1, 0.15) is 11.5 Å². The van der Waals surface area contributed by atoms with E-state index in [0.717, 1.165) is 36.5 Å². The van der Waals surface area contributed by atoms with Gasteiger partial charge in [0.15, 0.2) is 0 Å². The number of carbonyl (C=O) groups is 1. The largest absolute Gasteiger partial charge is 0.493 e. The Morgan fingerprint density at radius 2 is 1.15 bits per heavy atom. The van der Waals surface area contributed by atoms with Crippen LogP contribution in [0, 0.1) is 0 Å². The van der Waals surface area contributed by atoms with Gasteiger partial charge in [-0.1, -0.05) is 117 Å². The Morgan fingerprint density at radius 3 is 1.66 bits per heavy atom. The third-order valence-electron chi connectivity index (χ3n) is 7.47. The van der Waals surface area contributed by atoms with Gasteiger partial charge >= 0.3 is 5.97 Å². The molecule has 0 heterocycles. The van der Waals surface area contributed by atoms with E-state index in [1.807, 2.05) is 18.2 Å². The first kappa shape index (κ1) is 34.4. The topological polar surface area (TPSA) is 68.1 Å². The fraction of sp³-hybridized carbons (Fsp3) is 0.611. The molecule has 228 valence electrons. The second-order valence-corrected chi connectivity index (χ2v) is 11.2. The lowest BCUT2D eigenvalue weighted by molar-refractivity contribution is 0.0697. The fourth-order valence-corrected chi connectivity index (χ4v) is 4.87. The standard InChI is InChI=1S/C36H55NO4/c1-3-5-7-9-11-13-15-17-19-27-40-34-26-23-32(30-37-33-24-21-31(22-25-33)36(38)39)35(29-34)41-28-20-18-16-14-12-10-8-6-4-2/h21-26,29-30H,3-20,27-28H2,1-2H3,(H,38,39). The first-order valence-corrected chi connectivity index (χ1v) is 16.4. The molecule has 0 saturated carbocycles. The van der Waals surface area contributed by atoms with Crippen LogP contribution in [0.5, 0.6) is 11.5 Å². The Morgan fingerprint density at radius 1 is 0.659 bits per heavy atom. The monoisotopic (exact) mass is 565 g/mol. The number of carboxylic acid groups (broad SMARTS) is 1. The average Bonchev–Trinajstić information content (AvgIpc) is 2.98. The van der Waals surface area contributed by atoms with Crippen LogP contribution in [0.25, 0.3) is 0 Å². The molecule has 0 fully saturated rings. The molecular weight excluding hydrogens is 510 g/mol. The van der Waals surface area contributed by atoms with Crippen molar-refractivity contribution < 1.29 is 19.4 Å². The molecule has 5 heteroatoms.